The van der Waals surface area contributed by atoms with E-state index in [9.17, 15) is 9.50 Å². The van der Waals surface area contributed by atoms with Gasteiger partial charge in [0.15, 0.2) is 0 Å². The molecule has 1 aromatic carbocycles. The Morgan fingerprint density at radius 3 is 2.61 bits per heavy atom. The number of halogens is 1. The Bertz CT molecular complexity index is 388. The lowest BCUT2D eigenvalue weighted by Crippen LogP contribution is -2.10. The van der Waals surface area contributed by atoms with Crippen molar-refractivity contribution in [3.8, 4) is 0 Å². The van der Waals surface area contributed by atoms with E-state index in [2.05, 4.69) is 0 Å². The van der Waals surface area contributed by atoms with Crippen molar-refractivity contribution in [3.05, 3.63) is 34.6 Å². The molecule has 1 heterocycles. The summed E-state index contributed by atoms with van der Waals surface area (Å²) in [5.41, 5.74) is 2.52. The molecule has 1 N–H and O–H groups in total. The van der Waals surface area contributed by atoms with Gasteiger partial charge >= 0.3 is 0 Å². The lowest BCUT2D eigenvalue weighted by Gasteiger charge is -2.18. The van der Waals surface area contributed by atoms with Crippen LogP contribution < -0.4 is 0 Å². The van der Waals surface area contributed by atoms with E-state index in [4.69, 9.17) is 4.74 Å². The average molecular weight is 252 g/mol. The van der Waals surface area contributed by atoms with Crippen LogP contribution in [0.5, 0.6) is 0 Å². The summed E-state index contributed by atoms with van der Waals surface area (Å²) in [6.07, 6.45) is 3.54. The van der Waals surface area contributed by atoms with Crippen molar-refractivity contribution in [2.75, 3.05) is 6.61 Å². The predicted octanol–water partition coefficient (Wildman–Crippen LogP) is 3.44. The van der Waals surface area contributed by atoms with E-state index in [1.165, 1.54) is 12.1 Å². The van der Waals surface area contributed by atoms with Crippen LogP contribution in [-0.2, 0) is 4.74 Å². The highest BCUT2D eigenvalue weighted by molar-refractivity contribution is 5.36. The maximum absolute atomic E-state index is 13.2. The van der Waals surface area contributed by atoms with Gasteiger partial charge in [0.1, 0.15) is 5.82 Å². The highest BCUT2D eigenvalue weighted by Crippen LogP contribution is 2.28. The number of ether oxygens (including phenoxy) is 1. The zero-order valence-electron chi connectivity index (χ0n) is 11.1. The molecule has 2 atom stereocenters. The lowest BCUT2D eigenvalue weighted by molar-refractivity contribution is 0.0809. The molecule has 1 saturated heterocycles. The van der Waals surface area contributed by atoms with E-state index in [1.807, 2.05) is 13.8 Å². The fraction of sp³-hybridized carbons (Fsp3) is 0.600. The lowest BCUT2D eigenvalue weighted by atomic mass is 9.94. The van der Waals surface area contributed by atoms with Gasteiger partial charge in [-0.25, -0.2) is 4.39 Å². The maximum atomic E-state index is 13.2. The van der Waals surface area contributed by atoms with Crippen molar-refractivity contribution in [3.63, 3.8) is 0 Å². The highest BCUT2D eigenvalue weighted by Gasteiger charge is 2.19. The number of aliphatic hydroxyl groups is 1. The van der Waals surface area contributed by atoms with Crippen molar-refractivity contribution in [2.45, 2.75) is 51.7 Å². The van der Waals surface area contributed by atoms with E-state index in [1.54, 1.807) is 0 Å². The normalized spacial score (nSPS) is 21.2. The first-order valence-corrected chi connectivity index (χ1v) is 6.64. The SMILES string of the molecule is Cc1cc(F)cc(C)c1C(O)CCC1CCCO1. The maximum Gasteiger partial charge on any atom is 0.123 e. The van der Waals surface area contributed by atoms with Crippen LogP contribution >= 0.6 is 0 Å². The van der Waals surface area contributed by atoms with Gasteiger partial charge in [0.05, 0.1) is 12.2 Å². The number of aliphatic hydroxyl groups excluding tert-OH is 1. The zero-order chi connectivity index (χ0) is 13.1. The number of hydrogen-bond donors (Lipinski definition) is 1. The molecule has 0 bridgehead atoms. The molecular formula is C15H21FO2. The largest absolute Gasteiger partial charge is 0.388 e. The van der Waals surface area contributed by atoms with E-state index in [-0.39, 0.29) is 5.82 Å². The fourth-order valence-electron chi connectivity index (χ4n) is 2.81. The smallest absolute Gasteiger partial charge is 0.123 e. The molecule has 2 nitrogen and oxygen atoms in total. The van der Waals surface area contributed by atoms with Gasteiger partial charge in [-0.3, -0.25) is 0 Å². The van der Waals surface area contributed by atoms with Crippen molar-refractivity contribution in [1.82, 2.24) is 0 Å². The van der Waals surface area contributed by atoms with Crippen LogP contribution in [0, 0.1) is 19.7 Å². The second-order valence-corrected chi connectivity index (χ2v) is 5.18. The third kappa shape index (κ3) is 3.09. The van der Waals surface area contributed by atoms with Gasteiger partial charge < -0.3 is 9.84 Å². The zero-order valence-corrected chi connectivity index (χ0v) is 11.1. The Labute approximate surface area is 108 Å². The Balaban J connectivity index is 2.01. The summed E-state index contributed by atoms with van der Waals surface area (Å²) in [7, 11) is 0. The Hall–Kier alpha value is -0.930. The van der Waals surface area contributed by atoms with E-state index < -0.39 is 6.10 Å². The van der Waals surface area contributed by atoms with Crippen LogP contribution in [0.2, 0.25) is 0 Å². The van der Waals surface area contributed by atoms with Gasteiger partial charge in [-0.2, -0.15) is 0 Å². The molecule has 0 aliphatic carbocycles. The monoisotopic (exact) mass is 252 g/mol. The quantitative estimate of drug-likeness (QED) is 0.889. The van der Waals surface area contributed by atoms with Gasteiger partial charge in [0, 0.05) is 6.61 Å². The molecule has 1 aromatic rings. The van der Waals surface area contributed by atoms with Gasteiger partial charge in [-0.1, -0.05) is 0 Å². The molecule has 100 valence electrons. The molecule has 1 aliphatic heterocycles. The third-order valence-corrected chi connectivity index (χ3v) is 3.68. The topological polar surface area (TPSA) is 29.5 Å². The first kappa shape index (κ1) is 13.5. The van der Waals surface area contributed by atoms with E-state index in [0.717, 1.165) is 42.6 Å². The highest BCUT2D eigenvalue weighted by atomic mass is 19.1. The second-order valence-electron chi connectivity index (χ2n) is 5.18. The van der Waals surface area contributed by atoms with Gasteiger partial charge in [-0.05, 0) is 68.4 Å². The molecule has 0 amide bonds. The Kier molecular flexibility index (Phi) is 4.36. The molecule has 0 aromatic heterocycles. The Morgan fingerprint density at radius 2 is 2.06 bits per heavy atom. The van der Waals surface area contributed by atoms with Crippen molar-refractivity contribution in [1.29, 1.82) is 0 Å². The summed E-state index contributed by atoms with van der Waals surface area (Å²) in [6.45, 7) is 4.54. The number of rotatable bonds is 4. The molecule has 1 fully saturated rings. The molecule has 0 saturated carbocycles. The minimum atomic E-state index is -0.519. The first-order valence-electron chi connectivity index (χ1n) is 6.64. The van der Waals surface area contributed by atoms with Gasteiger partial charge in [0.25, 0.3) is 0 Å². The van der Waals surface area contributed by atoms with Crippen LogP contribution in [0.15, 0.2) is 12.1 Å². The number of benzene rings is 1. The second kappa shape index (κ2) is 5.81. The molecular weight excluding hydrogens is 231 g/mol. The van der Waals surface area contributed by atoms with Crippen LogP contribution in [0.25, 0.3) is 0 Å². The summed E-state index contributed by atoms with van der Waals surface area (Å²) in [4.78, 5) is 0. The van der Waals surface area contributed by atoms with Gasteiger partial charge in [-0.15, -0.1) is 0 Å². The molecule has 18 heavy (non-hydrogen) atoms. The molecule has 0 radical (unpaired) electrons. The van der Waals surface area contributed by atoms with Gasteiger partial charge in [0.2, 0.25) is 0 Å². The minimum Gasteiger partial charge on any atom is -0.388 e. The standard InChI is InChI=1S/C15H21FO2/c1-10-8-12(16)9-11(2)15(10)14(17)6-5-13-4-3-7-18-13/h8-9,13-14,17H,3-7H2,1-2H3. The van der Waals surface area contributed by atoms with Crippen molar-refractivity contribution >= 4 is 0 Å². The molecule has 1 aliphatic rings. The first-order chi connectivity index (χ1) is 8.58. The van der Waals surface area contributed by atoms with Crippen molar-refractivity contribution < 1.29 is 14.2 Å². The summed E-state index contributed by atoms with van der Waals surface area (Å²) >= 11 is 0. The van der Waals surface area contributed by atoms with E-state index in [0.29, 0.717) is 12.5 Å². The fourth-order valence-corrected chi connectivity index (χ4v) is 2.81. The Morgan fingerprint density at radius 1 is 1.39 bits per heavy atom. The van der Waals surface area contributed by atoms with Crippen LogP contribution in [-0.4, -0.2) is 17.8 Å². The minimum absolute atomic E-state index is 0.236. The van der Waals surface area contributed by atoms with E-state index >= 15 is 0 Å². The predicted molar refractivity (Wildman–Crippen MR) is 69.0 cm³/mol. The number of hydrogen-bond acceptors (Lipinski definition) is 2. The average Bonchev–Trinajstić information content (AvgIpc) is 2.77. The summed E-state index contributed by atoms with van der Waals surface area (Å²) in [6, 6.07) is 2.97. The summed E-state index contributed by atoms with van der Waals surface area (Å²) in [5, 5.41) is 10.3. The third-order valence-electron chi connectivity index (χ3n) is 3.68. The van der Waals surface area contributed by atoms with Crippen LogP contribution in [0.1, 0.15) is 48.5 Å². The van der Waals surface area contributed by atoms with Crippen molar-refractivity contribution in [2.24, 2.45) is 0 Å². The summed E-state index contributed by atoms with van der Waals surface area (Å²) in [5.74, 6) is -0.236. The number of aryl methyl sites for hydroxylation is 2. The van der Waals surface area contributed by atoms with Crippen LogP contribution in [0.4, 0.5) is 4.39 Å². The molecule has 2 rings (SSSR count). The molecule has 0 spiro atoms. The van der Waals surface area contributed by atoms with Crippen LogP contribution in [0.3, 0.4) is 0 Å². The summed E-state index contributed by atoms with van der Waals surface area (Å²) < 4.78 is 18.7. The molecule has 2 unspecified atom stereocenters. The molecule has 3 heteroatoms.